The number of ether oxygens (including phenoxy) is 1. The normalized spacial score (nSPS) is 9.05. The largest absolute Gasteiger partial charge is 0.468 e. The van der Waals surface area contributed by atoms with Crippen LogP contribution >= 0.6 is 0 Å². The van der Waals surface area contributed by atoms with E-state index < -0.39 is 4.92 Å². The highest BCUT2D eigenvalue weighted by atomic mass is 16.6. The Morgan fingerprint density at radius 2 is 1.84 bits per heavy atom. The highest BCUT2D eigenvalue weighted by Gasteiger charge is 2.15. The Morgan fingerprint density at radius 1 is 1.16 bits per heavy atom. The van der Waals surface area contributed by atoms with Gasteiger partial charge in [0.05, 0.1) is 4.92 Å². The van der Waals surface area contributed by atoms with Crippen LogP contribution in [0.1, 0.15) is 5.56 Å². The number of aromatic nitrogens is 1. The van der Waals surface area contributed by atoms with E-state index in [9.17, 15) is 10.1 Å². The average Bonchev–Trinajstić information content (AvgIpc) is 2.48. The molecule has 0 N–H and O–H groups in total. The molecule has 19 heavy (non-hydrogen) atoms. The molecule has 0 saturated heterocycles. The van der Waals surface area contributed by atoms with E-state index in [0.717, 1.165) is 5.56 Å². The van der Waals surface area contributed by atoms with Gasteiger partial charge >= 0.3 is 5.69 Å². The van der Waals surface area contributed by atoms with E-state index in [1.165, 1.54) is 18.3 Å². The zero-order valence-electron chi connectivity index (χ0n) is 10.1. The van der Waals surface area contributed by atoms with Crippen molar-refractivity contribution < 1.29 is 14.5 Å². The number of hydrogen-bond donors (Lipinski definition) is 0. The first-order valence-electron chi connectivity index (χ1n) is 5.32. The second-order valence-electron chi connectivity index (χ2n) is 3.36. The van der Waals surface area contributed by atoms with E-state index in [1.807, 2.05) is 37.1 Å². The van der Waals surface area contributed by atoms with Crippen molar-refractivity contribution in [2.45, 2.75) is 6.61 Å². The van der Waals surface area contributed by atoms with Crippen molar-refractivity contribution in [3.8, 4) is 5.88 Å². The number of pyridine rings is 1. The highest BCUT2D eigenvalue weighted by Crippen LogP contribution is 2.23. The van der Waals surface area contributed by atoms with E-state index in [2.05, 4.69) is 4.98 Å². The van der Waals surface area contributed by atoms with Gasteiger partial charge in [0, 0.05) is 12.3 Å². The standard InChI is InChI=1S/C12H10N2O3.CH2O/c15-14(16)11-7-4-8-13-12(11)17-9-10-5-2-1-3-6-10;1-2/h1-8H,9H2;1H2. The van der Waals surface area contributed by atoms with Crippen LogP contribution < -0.4 is 4.74 Å². The molecule has 0 aliphatic carbocycles. The first-order valence-corrected chi connectivity index (χ1v) is 5.32. The van der Waals surface area contributed by atoms with Gasteiger partial charge in [-0.1, -0.05) is 30.3 Å². The van der Waals surface area contributed by atoms with Crippen LogP contribution in [0, 0.1) is 10.1 Å². The first-order chi connectivity index (χ1) is 9.27. The topological polar surface area (TPSA) is 82.3 Å². The van der Waals surface area contributed by atoms with Gasteiger partial charge in [-0.15, -0.1) is 0 Å². The van der Waals surface area contributed by atoms with Crippen molar-refractivity contribution in [2.24, 2.45) is 0 Å². The number of rotatable bonds is 4. The summed E-state index contributed by atoms with van der Waals surface area (Å²) in [5, 5.41) is 10.7. The van der Waals surface area contributed by atoms with Crippen LogP contribution in [0.15, 0.2) is 48.7 Å². The van der Waals surface area contributed by atoms with Crippen LogP contribution in [0.2, 0.25) is 0 Å². The smallest absolute Gasteiger partial charge is 0.330 e. The Bertz CT molecular complexity index is 531. The second kappa shape index (κ2) is 7.54. The molecule has 0 unspecified atom stereocenters. The Hall–Kier alpha value is -2.76. The lowest BCUT2D eigenvalue weighted by atomic mass is 10.2. The zero-order valence-corrected chi connectivity index (χ0v) is 10.1. The van der Waals surface area contributed by atoms with Crippen molar-refractivity contribution in [3.05, 3.63) is 64.3 Å². The predicted octanol–water partition coefficient (Wildman–Crippen LogP) is 2.38. The van der Waals surface area contributed by atoms with E-state index in [1.54, 1.807) is 0 Å². The molecule has 0 saturated carbocycles. The Labute approximate surface area is 109 Å². The molecule has 1 aromatic carbocycles. The van der Waals surface area contributed by atoms with Crippen LogP contribution in [0.5, 0.6) is 5.88 Å². The summed E-state index contributed by atoms with van der Waals surface area (Å²) in [6, 6.07) is 12.3. The van der Waals surface area contributed by atoms with Crippen molar-refractivity contribution in [1.82, 2.24) is 4.98 Å². The van der Waals surface area contributed by atoms with Gasteiger partial charge < -0.3 is 9.53 Å². The monoisotopic (exact) mass is 260 g/mol. The molecular weight excluding hydrogens is 248 g/mol. The number of carbonyl (C=O) groups excluding carboxylic acids is 1. The fraction of sp³-hybridized carbons (Fsp3) is 0.0769. The molecule has 1 heterocycles. The van der Waals surface area contributed by atoms with Crippen LogP contribution in [0.25, 0.3) is 0 Å². The fourth-order valence-corrected chi connectivity index (χ4v) is 1.36. The number of carbonyl (C=O) groups is 1. The fourth-order valence-electron chi connectivity index (χ4n) is 1.36. The molecule has 0 aliphatic heterocycles. The van der Waals surface area contributed by atoms with E-state index in [4.69, 9.17) is 9.53 Å². The third kappa shape index (κ3) is 4.19. The van der Waals surface area contributed by atoms with Gasteiger partial charge in [-0.2, -0.15) is 0 Å². The lowest BCUT2D eigenvalue weighted by Gasteiger charge is -2.04. The minimum Gasteiger partial charge on any atom is -0.468 e. The number of nitro groups is 1. The van der Waals surface area contributed by atoms with Crippen LogP contribution in [-0.4, -0.2) is 16.7 Å². The van der Waals surface area contributed by atoms with Gasteiger partial charge in [0.2, 0.25) is 0 Å². The average molecular weight is 260 g/mol. The molecule has 98 valence electrons. The minimum absolute atomic E-state index is 0.0429. The maximum atomic E-state index is 10.7. The number of hydrogen-bond acceptors (Lipinski definition) is 5. The molecule has 0 amide bonds. The van der Waals surface area contributed by atoms with Gasteiger partial charge in [-0.05, 0) is 11.6 Å². The molecule has 2 rings (SSSR count). The van der Waals surface area contributed by atoms with Gasteiger partial charge in [-0.25, -0.2) is 4.98 Å². The number of benzene rings is 1. The summed E-state index contributed by atoms with van der Waals surface area (Å²) in [4.78, 5) is 22.1. The highest BCUT2D eigenvalue weighted by molar-refractivity contribution is 5.39. The molecule has 6 heteroatoms. The number of nitrogens with zero attached hydrogens (tertiary/aromatic N) is 2. The molecule has 0 atom stereocenters. The van der Waals surface area contributed by atoms with Crippen LogP contribution in [-0.2, 0) is 11.4 Å². The molecular formula is C13H12N2O4. The van der Waals surface area contributed by atoms with E-state index in [0.29, 0.717) is 0 Å². The summed E-state index contributed by atoms with van der Waals surface area (Å²) >= 11 is 0. The summed E-state index contributed by atoms with van der Waals surface area (Å²) < 4.78 is 5.33. The molecule has 0 bridgehead atoms. The molecule has 0 spiro atoms. The second-order valence-corrected chi connectivity index (χ2v) is 3.36. The Balaban J connectivity index is 0.000000861. The third-order valence-electron chi connectivity index (χ3n) is 2.17. The van der Waals surface area contributed by atoms with Crippen molar-refractivity contribution in [3.63, 3.8) is 0 Å². The Kier molecular flexibility index (Phi) is 5.68. The first kappa shape index (κ1) is 14.3. The molecule has 0 aliphatic rings. The quantitative estimate of drug-likeness (QED) is 0.622. The SMILES string of the molecule is C=O.O=[N+]([O-])c1cccnc1OCc1ccccc1. The van der Waals surface area contributed by atoms with Crippen molar-refractivity contribution >= 4 is 12.5 Å². The molecule has 1 aromatic heterocycles. The lowest BCUT2D eigenvalue weighted by Crippen LogP contribution is -2.00. The minimum atomic E-state index is -0.507. The van der Waals surface area contributed by atoms with Crippen LogP contribution in [0.4, 0.5) is 5.69 Å². The van der Waals surface area contributed by atoms with Gasteiger partial charge in [0.1, 0.15) is 13.4 Å². The van der Waals surface area contributed by atoms with Gasteiger partial charge in [0.25, 0.3) is 5.88 Å². The molecule has 2 aromatic rings. The summed E-state index contributed by atoms with van der Waals surface area (Å²) in [5.74, 6) is 0.0429. The summed E-state index contributed by atoms with van der Waals surface area (Å²) in [6.45, 7) is 2.26. The zero-order chi connectivity index (χ0) is 14.1. The van der Waals surface area contributed by atoms with E-state index >= 15 is 0 Å². The molecule has 6 nitrogen and oxygen atoms in total. The van der Waals surface area contributed by atoms with Crippen LogP contribution in [0.3, 0.4) is 0 Å². The summed E-state index contributed by atoms with van der Waals surface area (Å²) in [6.07, 6.45) is 1.47. The maximum Gasteiger partial charge on any atom is 0.330 e. The van der Waals surface area contributed by atoms with Gasteiger partial charge in [-0.3, -0.25) is 10.1 Å². The van der Waals surface area contributed by atoms with E-state index in [-0.39, 0.29) is 18.2 Å². The lowest BCUT2D eigenvalue weighted by molar-refractivity contribution is -0.386. The third-order valence-corrected chi connectivity index (χ3v) is 2.17. The van der Waals surface area contributed by atoms with Gasteiger partial charge in [0.15, 0.2) is 0 Å². The molecule has 0 fully saturated rings. The summed E-state index contributed by atoms with van der Waals surface area (Å²) in [5.41, 5.74) is 0.816. The molecule has 0 radical (unpaired) electrons. The maximum absolute atomic E-state index is 10.7. The predicted molar refractivity (Wildman–Crippen MR) is 68.8 cm³/mol. The van der Waals surface area contributed by atoms with Crippen molar-refractivity contribution in [2.75, 3.05) is 0 Å². The Morgan fingerprint density at radius 3 is 2.47 bits per heavy atom. The van der Waals surface area contributed by atoms with Crippen molar-refractivity contribution in [1.29, 1.82) is 0 Å². The summed E-state index contributed by atoms with van der Waals surface area (Å²) in [7, 11) is 0.